The number of hydrogen-bond donors (Lipinski definition) is 0. The van der Waals surface area contributed by atoms with Crippen LogP contribution < -0.4 is 0 Å². The summed E-state index contributed by atoms with van der Waals surface area (Å²) in [7, 11) is 0. The van der Waals surface area contributed by atoms with Gasteiger partial charge < -0.3 is 14.4 Å². The molecule has 1 spiro atoms. The van der Waals surface area contributed by atoms with Gasteiger partial charge in [0.25, 0.3) is 0 Å². The van der Waals surface area contributed by atoms with Crippen LogP contribution in [0.2, 0.25) is 0 Å². The van der Waals surface area contributed by atoms with E-state index in [1.807, 2.05) is 18.2 Å². The summed E-state index contributed by atoms with van der Waals surface area (Å²) in [5, 5.41) is 3.15. The van der Waals surface area contributed by atoms with Gasteiger partial charge in [-0.05, 0) is 46.0 Å². The third kappa shape index (κ3) is 3.52. The standard InChI is InChI=1S/C22H31N5OS/c1-15(2)27-11-20(23-14-27)19-10-25(8-17-4-5-17)13-22(19)6-7-26(21(22)28)9-18-12-29-16(3)24-18/h11-12,14-15,17,19H,4-10,13H2,1-3H3. The average molecular weight is 414 g/mol. The smallest absolute Gasteiger partial charge is 0.231 e. The van der Waals surface area contributed by atoms with Crippen LogP contribution in [0.15, 0.2) is 17.9 Å². The van der Waals surface area contributed by atoms with Crippen LogP contribution in [-0.4, -0.2) is 56.4 Å². The van der Waals surface area contributed by atoms with Gasteiger partial charge in [-0.1, -0.05) is 0 Å². The molecule has 2 aliphatic heterocycles. The summed E-state index contributed by atoms with van der Waals surface area (Å²) >= 11 is 1.66. The minimum absolute atomic E-state index is 0.191. The normalized spacial score (nSPS) is 27.8. The molecule has 5 rings (SSSR count). The first-order valence-electron chi connectivity index (χ1n) is 10.9. The summed E-state index contributed by atoms with van der Waals surface area (Å²) in [6.45, 7) is 10.8. The highest BCUT2D eigenvalue weighted by molar-refractivity contribution is 7.09. The van der Waals surface area contributed by atoms with Crippen molar-refractivity contribution in [2.24, 2.45) is 11.3 Å². The fourth-order valence-electron chi connectivity index (χ4n) is 5.16. The summed E-state index contributed by atoms with van der Waals surface area (Å²) < 4.78 is 2.17. The molecule has 3 fully saturated rings. The van der Waals surface area contributed by atoms with Gasteiger partial charge in [0, 0.05) is 49.7 Å². The zero-order valence-corrected chi connectivity index (χ0v) is 18.5. The molecule has 7 heteroatoms. The van der Waals surface area contributed by atoms with Gasteiger partial charge in [-0.15, -0.1) is 11.3 Å². The number of thiazole rings is 1. The Labute approximate surface area is 176 Å². The Balaban J connectivity index is 1.41. The number of hydrogen-bond acceptors (Lipinski definition) is 5. The molecule has 2 saturated heterocycles. The van der Waals surface area contributed by atoms with E-state index >= 15 is 0 Å². The van der Waals surface area contributed by atoms with Crippen LogP contribution in [0.5, 0.6) is 0 Å². The van der Waals surface area contributed by atoms with Gasteiger partial charge in [0.2, 0.25) is 5.91 Å². The first-order chi connectivity index (χ1) is 13.9. The van der Waals surface area contributed by atoms with Crippen LogP contribution in [0.25, 0.3) is 0 Å². The van der Waals surface area contributed by atoms with E-state index in [1.165, 1.54) is 12.8 Å². The van der Waals surface area contributed by atoms with E-state index in [1.54, 1.807) is 11.3 Å². The molecular formula is C22H31N5OS. The molecule has 0 aromatic carbocycles. The van der Waals surface area contributed by atoms with Gasteiger partial charge in [0.15, 0.2) is 0 Å². The maximum atomic E-state index is 13.8. The van der Waals surface area contributed by atoms with Gasteiger partial charge >= 0.3 is 0 Å². The van der Waals surface area contributed by atoms with Crippen molar-refractivity contribution in [1.82, 2.24) is 24.3 Å². The van der Waals surface area contributed by atoms with Crippen molar-refractivity contribution in [3.63, 3.8) is 0 Å². The molecule has 1 amide bonds. The molecule has 2 unspecified atom stereocenters. The minimum Gasteiger partial charge on any atom is -0.336 e. The SMILES string of the molecule is Cc1nc(CN2CCC3(CN(CC4CC4)CC3c3cn(C(C)C)cn3)C2=O)cs1. The van der Waals surface area contributed by atoms with E-state index in [0.717, 1.165) is 54.9 Å². The molecule has 3 aliphatic rings. The third-order valence-corrected chi connectivity index (χ3v) is 7.78. The molecule has 2 aromatic heterocycles. The van der Waals surface area contributed by atoms with E-state index in [2.05, 4.69) is 39.9 Å². The Kier molecular flexibility index (Phi) is 4.78. The maximum absolute atomic E-state index is 13.8. The second-order valence-corrected chi connectivity index (χ2v) is 10.6. The number of imidazole rings is 1. The van der Waals surface area contributed by atoms with E-state index < -0.39 is 0 Å². The Hall–Kier alpha value is -1.73. The zero-order valence-electron chi connectivity index (χ0n) is 17.7. The van der Waals surface area contributed by atoms with E-state index in [4.69, 9.17) is 4.98 Å². The number of amides is 1. The van der Waals surface area contributed by atoms with Crippen LogP contribution in [-0.2, 0) is 11.3 Å². The maximum Gasteiger partial charge on any atom is 0.231 e. The fraction of sp³-hybridized carbons (Fsp3) is 0.682. The highest BCUT2D eigenvalue weighted by atomic mass is 32.1. The second kappa shape index (κ2) is 7.20. The zero-order chi connectivity index (χ0) is 20.2. The molecule has 2 aromatic rings. The van der Waals surface area contributed by atoms with Crippen molar-refractivity contribution < 1.29 is 4.79 Å². The summed E-state index contributed by atoms with van der Waals surface area (Å²) in [6, 6.07) is 0.389. The van der Waals surface area contributed by atoms with Crippen LogP contribution in [0.3, 0.4) is 0 Å². The summed E-state index contributed by atoms with van der Waals surface area (Å²) in [5.74, 6) is 1.34. The number of aryl methyl sites for hydroxylation is 1. The Morgan fingerprint density at radius 3 is 2.83 bits per heavy atom. The number of rotatable bonds is 6. The van der Waals surface area contributed by atoms with E-state index in [0.29, 0.717) is 18.5 Å². The molecule has 156 valence electrons. The first-order valence-corrected chi connectivity index (χ1v) is 11.8. The lowest BCUT2D eigenvalue weighted by molar-refractivity contribution is -0.136. The van der Waals surface area contributed by atoms with Gasteiger partial charge in [-0.2, -0.15) is 0 Å². The molecule has 1 saturated carbocycles. The number of aromatic nitrogens is 3. The fourth-order valence-corrected chi connectivity index (χ4v) is 5.76. The molecule has 4 heterocycles. The number of nitrogens with zero attached hydrogens (tertiary/aromatic N) is 5. The van der Waals surface area contributed by atoms with Crippen LogP contribution in [0.4, 0.5) is 0 Å². The van der Waals surface area contributed by atoms with Crippen molar-refractivity contribution in [1.29, 1.82) is 0 Å². The first kappa shape index (κ1) is 19.2. The quantitative estimate of drug-likeness (QED) is 0.728. The van der Waals surface area contributed by atoms with Crippen LogP contribution in [0.1, 0.15) is 61.5 Å². The lowest BCUT2D eigenvalue weighted by Crippen LogP contribution is -2.39. The topological polar surface area (TPSA) is 54.3 Å². The van der Waals surface area contributed by atoms with Crippen molar-refractivity contribution in [2.75, 3.05) is 26.2 Å². The predicted molar refractivity (Wildman–Crippen MR) is 114 cm³/mol. The molecule has 0 radical (unpaired) electrons. The molecule has 0 bridgehead atoms. The molecule has 29 heavy (non-hydrogen) atoms. The van der Waals surface area contributed by atoms with Crippen molar-refractivity contribution in [2.45, 2.75) is 58.5 Å². The Morgan fingerprint density at radius 1 is 1.34 bits per heavy atom. The Morgan fingerprint density at radius 2 is 2.17 bits per heavy atom. The lowest BCUT2D eigenvalue weighted by atomic mass is 9.75. The highest BCUT2D eigenvalue weighted by Crippen LogP contribution is 2.50. The predicted octanol–water partition coefficient (Wildman–Crippen LogP) is 3.46. The second-order valence-electron chi connectivity index (χ2n) is 9.52. The third-order valence-electron chi connectivity index (χ3n) is 6.96. The van der Waals surface area contributed by atoms with Crippen molar-refractivity contribution in [3.05, 3.63) is 34.3 Å². The number of carbonyl (C=O) groups excluding carboxylic acids is 1. The molecule has 6 nitrogen and oxygen atoms in total. The lowest BCUT2D eigenvalue weighted by Gasteiger charge is -2.28. The summed E-state index contributed by atoms with van der Waals surface area (Å²) in [4.78, 5) is 27.7. The van der Waals surface area contributed by atoms with E-state index in [9.17, 15) is 4.79 Å². The summed E-state index contributed by atoms with van der Waals surface area (Å²) in [6.07, 6.45) is 7.73. The van der Waals surface area contributed by atoms with Gasteiger partial charge in [0.1, 0.15) is 0 Å². The molecular weight excluding hydrogens is 382 g/mol. The number of carbonyl (C=O) groups is 1. The van der Waals surface area contributed by atoms with Gasteiger partial charge in [-0.25, -0.2) is 9.97 Å². The van der Waals surface area contributed by atoms with E-state index in [-0.39, 0.29) is 11.3 Å². The molecule has 0 N–H and O–H groups in total. The average Bonchev–Trinajstić information content (AvgIpc) is 3.04. The minimum atomic E-state index is -0.323. The number of likely N-dealkylation sites (tertiary alicyclic amines) is 2. The highest BCUT2D eigenvalue weighted by Gasteiger charge is 2.58. The van der Waals surface area contributed by atoms with Gasteiger partial charge in [-0.3, -0.25) is 4.79 Å². The largest absolute Gasteiger partial charge is 0.336 e. The molecule has 2 atom stereocenters. The molecule has 1 aliphatic carbocycles. The summed E-state index contributed by atoms with van der Waals surface area (Å²) in [5.41, 5.74) is 1.79. The van der Waals surface area contributed by atoms with Crippen LogP contribution >= 0.6 is 11.3 Å². The van der Waals surface area contributed by atoms with Crippen LogP contribution in [0, 0.1) is 18.3 Å². The van der Waals surface area contributed by atoms with Gasteiger partial charge in [0.05, 0.1) is 34.7 Å². The van der Waals surface area contributed by atoms with Crippen molar-refractivity contribution >= 4 is 17.2 Å². The monoisotopic (exact) mass is 413 g/mol. The van der Waals surface area contributed by atoms with Crippen molar-refractivity contribution in [3.8, 4) is 0 Å². The Bertz CT molecular complexity index is 901.